The average Bonchev–Trinajstić information content (AvgIpc) is 0.838. The second kappa shape index (κ2) is 46.8. The summed E-state index contributed by atoms with van der Waals surface area (Å²) in [6.07, 6.45) is 0. The van der Waals surface area contributed by atoms with Crippen molar-refractivity contribution >= 4 is 178 Å². The SMILES string of the molecule is CC(=O)NC(CS)C(=O)Oc1ccccc1C(=O)Oc1ccccc1C(=O)O.CC(=O)NC(CSC(=O)C(CS)NC(C)=O)C(=O)Oc1ccccc1C(=O)Oc1ccccc1C(=O)O.CC(=O)NC(CSC(=O)c1ccccc1OC(=O)c1ccccc1OC(=O)C(CSC(=O)C(CS)NC(C)=O)NC(C)=O)C(=O)O. The molecule has 6 aromatic carbocycles. The lowest BCUT2D eigenvalue weighted by atomic mass is 10.2. The second-order valence-corrected chi connectivity index (χ2v) is 26.4. The summed E-state index contributed by atoms with van der Waals surface area (Å²) >= 11 is 14.0. The van der Waals surface area contributed by atoms with Crippen LogP contribution in [0.3, 0.4) is 0 Å². The molecule has 588 valence electrons. The molecule has 0 aliphatic rings. The van der Waals surface area contributed by atoms with E-state index >= 15 is 0 Å². The minimum atomic E-state index is -1.33. The molecule has 0 aliphatic heterocycles. The van der Waals surface area contributed by atoms with Crippen LogP contribution in [0.25, 0.3) is 0 Å². The van der Waals surface area contributed by atoms with Gasteiger partial charge >= 0.3 is 53.7 Å². The number of esters is 6. The van der Waals surface area contributed by atoms with Crippen LogP contribution >= 0.6 is 73.2 Å². The molecule has 0 aromatic heterocycles. The van der Waals surface area contributed by atoms with E-state index in [-0.39, 0.29) is 102 Å². The maximum Gasteiger partial charge on any atom is 0.347 e. The number of ether oxygens (including phenoxy) is 6. The van der Waals surface area contributed by atoms with Crippen LogP contribution in [0.1, 0.15) is 104 Å². The van der Waals surface area contributed by atoms with Gasteiger partial charge in [-0.2, -0.15) is 37.9 Å². The Labute approximate surface area is 661 Å². The van der Waals surface area contributed by atoms with Crippen molar-refractivity contribution in [3.05, 3.63) is 179 Å². The summed E-state index contributed by atoms with van der Waals surface area (Å²) in [5.41, 5.74) is -0.969. The summed E-state index contributed by atoms with van der Waals surface area (Å²) < 4.78 is 31.8. The molecule has 6 aromatic rings. The molecule has 6 unspecified atom stereocenters. The van der Waals surface area contributed by atoms with Crippen LogP contribution in [0, 0.1) is 0 Å². The highest BCUT2D eigenvalue weighted by molar-refractivity contribution is 8.14. The van der Waals surface area contributed by atoms with Crippen LogP contribution < -0.4 is 60.3 Å². The molecule has 6 rings (SSSR count). The van der Waals surface area contributed by atoms with Gasteiger partial charge in [0.05, 0.1) is 5.56 Å². The maximum atomic E-state index is 13.2. The van der Waals surface area contributed by atoms with Crippen LogP contribution in [0.15, 0.2) is 146 Å². The van der Waals surface area contributed by atoms with E-state index in [9.17, 15) is 102 Å². The minimum absolute atomic E-state index is 0.00296. The lowest BCUT2D eigenvalue weighted by Crippen LogP contribution is -2.45. The van der Waals surface area contributed by atoms with Gasteiger partial charge in [0.2, 0.25) is 50.8 Å². The predicted molar refractivity (Wildman–Crippen MR) is 411 cm³/mol. The number of hydrogen-bond donors (Lipinski definition) is 12. The van der Waals surface area contributed by atoms with E-state index < -0.39 is 141 Å². The van der Waals surface area contributed by atoms with Crippen LogP contribution in [0.5, 0.6) is 34.5 Å². The Bertz CT molecular complexity index is 4490. The quantitative estimate of drug-likeness (QED) is 0.0144. The third-order valence-electron chi connectivity index (χ3n) is 13.6. The summed E-state index contributed by atoms with van der Waals surface area (Å²) in [6.45, 7) is 7.19. The Morgan fingerprint density at radius 2 is 0.523 bits per heavy atom. The normalized spacial score (nSPS) is 12.0. The van der Waals surface area contributed by atoms with Crippen molar-refractivity contribution in [1.82, 2.24) is 31.9 Å². The van der Waals surface area contributed by atoms with Gasteiger partial charge in [-0.15, -0.1) is 0 Å². The fraction of sp³-hybridized carbons (Fsp3) is 0.250. The molecule has 6 amide bonds. The number of amides is 6. The number of nitrogens with one attached hydrogen (secondary N) is 6. The predicted octanol–water partition coefficient (Wildman–Crippen LogP) is 5.13. The number of carbonyl (C=O) groups excluding carboxylic acids is 15. The fourth-order valence-electron chi connectivity index (χ4n) is 8.66. The number of carbonyl (C=O) groups is 18. The number of thioether (sulfide) groups is 3. The minimum Gasteiger partial charge on any atom is -0.480 e. The van der Waals surface area contributed by atoms with E-state index in [0.717, 1.165) is 13.8 Å². The smallest absolute Gasteiger partial charge is 0.347 e. The molecule has 0 radical (unpaired) electrons. The van der Waals surface area contributed by atoms with E-state index in [1.165, 1.54) is 167 Å². The van der Waals surface area contributed by atoms with E-state index in [0.29, 0.717) is 35.3 Å². The third-order valence-corrected chi connectivity index (χ3v) is 17.8. The number of aromatic carboxylic acids is 2. The maximum absolute atomic E-state index is 13.2. The standard InChI is InChI=1S/C29H31N3O11S3.C24H24N2O9S2.C19H17NO7S/c1-15(33)30-20(12-44)29(41)46-14-22(32-17(3)35)27(39)43-23-10-6-4-8-18(23)26(38)42-24-11-7-5-9-19(24)28(40)45-13-21(25(36)37)31-16(2)34;1-13(27)25-17(11-36)24(33)37-12-18(26-14(2)28)23(32)35-20-10-6-4-8-16(20)22(31)34-19-9-5-3-7-15(19)21(29)30;1-11(21)20-14(10-28)19(25)27-16-9-5-3-7-13(16)18(24)26-15-8-4-2-6-12(15)17(22)23/h4-11,20-22,44H,12-14H2,1-3H3,(H,30,33)(H,31,34)(H,32,35)(H,36,37);3-10,17-18,36H,11-12H2,1-2H3,(H,25,27)(H,26,28)(H,29,30);2-9,14,28H,10H2,1H3,(H,20,21)(H,22,23). The summed E-state index contributed by atoms with van der Waals surface area (Å²) in [6, 6.07) is 27.0. The van der Waals surface area contributed by atoms with E-state index in [4.69, 9.17) is 28.4 Å². The Balaban J connectivity index is 0.000000362. The molecule has 111 heavy (non-hydrogen) atoms. The van der Waals surface area contributed by atoms with Gasteiger partial charge in [0.25, 0.3) is 0 Å². The lowest BCUT2D eigenvalue weighted by molar-refractivity contribution is -0.141. The van der Waals surface area contributed by atoms with Crippen molar-refractivity contribution in [3.63, 3.8) is 0 Å². The summed E-state index contributed by atoms with van der Waals surface area (Å²) in [5, 5.41) is 40.4. The molecule has 0 saturated carbocycles. The summed E-state index contributed by atoms with van der Waals surface area (Å²) in [5.74, 6) is -14.4. The molecule has 0 bridgehead atoms. The number of para-hydroxylation sites is 6. The summed E-state index contributed by atoms with van der Waals surface area (Å²) in [7, 11) is 0. The molecule has 0 fully saturated rings. The van der Waals surface area contributed by atoms with Gasteiger partial charge in [0.15, 0.2) is 0 Å². The van der Waals surface area contributed by atoms with Gasteiger partial charge < -0.3 is 75.6 Å². The second-order valence-electron chi connectivity index (χ2n) is 22.3. The number of rotatable bonds is 33. The van der Waals surface area contributed by atoms with Crippen LogP contribution in [0.4, 0.5) is 0 Å². The van der Waals surface area contributed by atoms with Gasteiger partial charge in [-0.1, -0.05) is 108 Å². The molecule has 39 heteroatoms. The Kier molecular flexibility index (Phi) is 38.7. The molecule has 6 atom stereocenters. The molecular weight excluding hydrogens is 1570 g/mol. The molecule has 33 nitrogen and oxygen atoms in total. The monoisotopic (exact) mass is 1640 g/mol. The Hall–Kier alpha value is -11.5. The van der Waals surface area contributed by atoms with Crippen molar-refractivity contribution in [2.45, 2.75) is 77.8 Å². The van der Waals surface area contributed by atoms with Crippen LogP contribution in [-0.2, 0) is 57.5 Å². The first kappa shape index (κ1) is 91.9. The van der Waals surface area contributed by atoms with E-state index in [1.807, 2.05) is 0 Å². The molecular formula is C72H72N6O27S6. The largest absolute Gasteiger partial charge is 0.480 e. The molecule has 0 heterocycles. The average molecular weight is 1650 g/mol. The highest BCUT2D eigenvalue weighted by atomic mass is 32.2. The first-order chi connectivity index (χ1) is 52.6. The molecule has 9 N–H and O–H groups in total. The number of aliphatic carboxylic acids is 1. The third kappa shape index (κ3) is 31.2. The zero-order valence-corrected chi connectivity index (χ0v) is 64.4. The van der Waals surface area contributed by atoms with Crippen molar-refractivity contribution < 1.29 is 130 Å². The summed E-state index contributed by atoms with van der Waals surface area (Å²) in [4.78, 5) is 217. The van der Waals surface area contributed by atoms with Crippen molar-refractivity contribution in [2.75, 3.05) is 34.5 Å². The molecule has 0 aliphatic carbocycles. The van der Waals surface area contributed by atoms with Gasteiger partial charge in [-0.3, -0.25) is 43.2 Å². The number of benzene rings is 6. The van der Waals surface area contributed by atoms with Gasteiger partial charge in [0, 0.05) is 76.1 Å². The lowest BCUT2D eigenvalue weighted by Gasteiger charge is -2.19. The number of carboxylic acids is 3. The van der Waals surface area contributed by atoms with Gasteiger partial charge in [-0.25, -0.2) is 43.2 Å². The fourth-order valence-corrected chi connectivity index (χ4v) is 12.3. The number of hydrogen-bond acceptors (Lipinski definition) is 30. The topological polar surface area (TPSA) is 496 Å². The van der Waals surface area contributed by atoms with Crippen molar-refractivity contribution in [1.29, 1.82) is 0 Å². The van der Waals surface area contributed by atoms with Gasteiger partial charge in [-0.05, 0) is 72.8 Å². The van der Waals surface area contributed by atoms with Crippen molar-refractivity contribution in [3.8, 4) is 34.5 Å². The van der Waals surface area contributed by atoms with E-state index in [2.05, 4.69) is 69.8 Å². The zero-order chi connectivity index (χ0) is 82.6. The van der Waals surface area contributed by atoms with E-state index in [1.54, 1.807) is 6.07 Å². The first-order valence-electron chi connectivity index (χ1n) is 32.1. The van der Waals surface area contributed by atoms with Gasteiger partial charge in [0.1, 0.15) is 98.6 Å². The zero-order valence-electron chi connectivity index (χ0n) is 59.3. The van der Waals surface area contributed by atoms with Crippen LogP contribution in [-0.4, -0.2) is 191 Å². The highest BCUT2D eigenvalue weighted by Crippen LogP contribution is 2.30. The Morgan fingerprint density at radius 1 is 0.297 bits per heavy atom. The first-order valence-corrected chi connectivity index (χ1v) is 37.0. The Morgan fingerprint density at radius 3 is 0.802 bits per heavy atom. The van der Waals surface area contributed by atoms with Crippen molar-refractivity contribution in [2.24, 2.45) is 0 Å². The van der Waals surface area contributed by atoms with Crippen LogP contribution in [0.2, 0.25) is 0 Å². The number of carboxylic acid groups (broad SMARTS) is 3. The highest BCUT2D eigenvalue weighted by Gasteiger charge is 2.32. The molecule has 0 saturated heterocycles. The molecule has 0 spiro atoms. The number of thiol groups is 3.